The minimum absolute atomic E-state index is 0.107. The molecule has 0 spiro atoms. The predicted molar refractivity (Wildman–Crippen MR) is 72.2 cm³/mol. The van der Waals surface area contributed by atoms with E-state index in [1.54, 1.807) is 18.3 Å². The fourth-order valence-electron chi connectivity index (χ4n) is 2.62. The second-order valence-electron chi connectivity index (χ2n) is 5.09. The molecule has 0 radical (unpaired) electrons. The van der Waals surface area contributed by atoms with Crippen LogP contribution in [0.1, 0.15) is 49.5 Å². The van der Waals surface area contributed by atoms with Gasteiger partial charge in [0.25, 0.3) is 5.91 Å². The number of amides is 1. The molecule has 1 aromatic heterocycles. The van der Waals surface area contributed by atoms with Crippen LogP contribution in [0.2, 0.25) is 0 Å². The molecule has 1 fully saturated rings. The van der Waals surface area contributed by atoms with E-state index in [1.807, 2.05) is 0 Å². The monoisotopic (exact) mass is 247 g/mol. The van der Waals surface area contributed by atoms with E-state index in [4.69, 9.17) is 5.73 Å². The highest BCUT2D eigenvalue weighted by molar-refractivity contribution is 5.93. The molecular weight excluding hydrogens is 226 g/mol. The van der Waals surface area contributed by atoms with E-state index in [2.05, 4.69) is 17.2 Å². The number of nitrogen functional groups attached to an aromatic ring is 1. The van der Waals surface area contributed by atoms with Crippen LogP contribution in [0.5, 0.6) is 0 Å². The van der Waals surface area contributed by atoms with Crippen LogP contribution in [-0.2, 0) is 0 Å². The van der Waals surface area contributed by atoms with E-state index < -0.39 is 0 Å². The van der Waals surface area contributed by atoms with Crippen molar-refractivity contribution in [2.75, 3.05) is 5.73 Å². The van der Waals surface area contributed by atoms with Crippen LogP contribution >= 0.6 is 0 Å². The quantitative estimate of drug-likeness (QED) is 0.861. The van der Waals surface area contributed by atoms with Gasteiger partial charge in [0.15, 0.2) is 0 Å². The van der Waals surface area contributed by atoms with Gasteiger partial charge in [-0.05, 0) is 30.9 Å². The lowest BCUT2D eigenvalue weighted by Gasteiger charge is -2.28. The van der Waals surface area contributed by atoms with Gasteiger partial charge < -0.3 is 11.1 Å². The summed E-state index contributed by atoms with van der Waals surface area (Å²) in [5, 5.41) is 3.07. The number of pyridine rings is 1. The van der Waals surface area contributed by atoms with Crippen molar-refractivity contribution >= 4 is 11.6 Å². The molecule has 4 nitrogen and oxygen atoms in total. The first-order valence-corrected chi connectivity index (χ1v) is 6.71. The zero-order valence-corrected chi connectivity index (χ0v) is 10.9. The molecule has 2 atom stereocenters. The Balaban J connectivity index is 1.95. The molecule has 1 saturated carbocycles. The number of hydrogen-bond donors (Lipinski definition) is 2. The fraction of sp³-hybridized carbons (Fsp3) is 0.571. The Bertz CT molecular complexity index is 419. The first-order chi connectivity index (χ1) is 8.69. The van der Waals surface area contributed by atoms with E-state index in [-0.39, 0.29) is 5.91 Å². The maximum atomic E-state index is 12.0. The van der Waals surface area contributed by atoms with Gasteiger partial charge in [0.1, 0.15) is 5.69 Å². The van der Waals surface area contributed by atoms with E-state index in [0.717, 1.165) is 18.8 Å². The van der Waals surface area contributed by atoms with Crippen LogP contribution in [0.15, 0.2) is 18.3 Å². The highest BCUT2D eigenvalue weighted by Crippen LogP contribution is 2.26. The zero-order chi connectivity index (χ0) is 13.0. The van der Waals surface area contributed by atoms with Crippen molar-refractivity contribution in [2.24, 2.45) is 5.92 Å². The average Bonchev–Trinajstić information content (AvgIpc) is 2.39. The maximum Gasteiger partial charge on any atom is 0.270 e. The second kappa shape index (κ2) is 5.85. The Morgan fingerprint density at radius 3 is 3.11 bits per heavy atom. The standard InChI is InChI=1S/C14H21N3O/c1-2-10-4-3-5-12(8-10)17-14(18)13-9-11(15)6-7-16-13/h6-7,9-10,12H,2-5,8H2,1H3,(H2,15,16)(H,17,18). The summed E-state index contributed by atoms with van der Waals surface area (Å²) in [6.07, 6.45) is 7.42. The predicted octanol–water partition coefficient (Wildman–Crippen LogP) is 2.36. The molecule has 2 rings (SSSR count). The first-order valence-electron chi connectivity index (χ1n) is 6.71. The van der Waals surface area contributed by atoms with Crippen molar-refractivity contribution in [3.8, 4) is 0 Å². The largest absolute Gasteiger partial charge is 0.399 e. The van der Waals surface area contributed by atoms with Gasteiger partial charge in [0, 0.05) is 17.9 Å². The molecule has 98 valence electrons. The van der Waals surface area contributed by atoms with Crippen LogP contribution in [0.25, 0.3) is 0 Å². The third-order valence-corrected chi connectivity index (χ3v) is 3.71. The number of nitrogens with zero attached hydrogens (tertiary/aromatic N) is 1. The van der Waals surface area contributed by atoms with Gasteiger partial charge in [0.05, 0.1) is 0 Å². The topological polar surface area (TPSA) is 68.0 Å². The molecule has 0 aromatic carbocycles. The summed E-state index contributed by atoms with van der Waals surface area (Å²) in [5.74, 6) is 0.641. The van der Waals surface area contributed by atoms with Gasteiger partial charge >= 0.3 is 0 Å². The molecule has 1 aliphatic carbocycles. The average molecular weight is 247 g/mol. The minimum atomic E-state index is -0.107. The zero-order valence-electron chi connectivity index (χ0n) is 10.9. The Hall–Kier alpha value is -1.58. The Labute approximate surface area is 108 Å². The van der Waals surface area contributed by atoms with Crippen LogP contribution in [0, 0.1) is 5.92 Å². The number of aromatic nitrogens is 1. The van der Waals surface area contributed by atoms with Crippen molar-refractivity contribution in [3.63, 3.8) is 0 Å². The third-order valence-electron chi connectivity index (χ3n) is 3.71. The van der Waals surface area contributed by atoms with E-state index in [1.165, 1.54) is 19.3 Å². The number of rotatable bonds is 3. The fourth-order valence-corrected chi connectivity index (χ4v) is 2.62. The molecule has 18 heavy (non-hydrogen) atoms. The van der Waals surface area contributed by atoms with Gasteiger partial charge in [-0.2, -0.15) is 0 Å². The normalized spacial score (nSPS) is 23.6. The molecule has 1 amide bonds. The highest BCUT2D eigenvalue weighted by atomic mass is 16.1. The number of carbonyl (C=O) groups excluding carboxylic acids is 1. The molecule has 0 bridgehead atoms. The summed E-state index contributed by atoms with van der Waals surface area (Å²) < 4.78 is 0. The maximum absolute atomic E-state index is 12.0. The lowest BCUT2D eigenvalue weighted by atomic mass is 9.84. The SMILES string of the molecule is CCC1CCCC(NC(=O)c2cc(N)ccn2)C1. The first kappa shape index (κ1) is 12.9. The Morgan fingerprint density at radius 1 is 1.56 bits per heavy atom. The van der Waals surface area contributed by atoms with Gasteiger partial charge in [-0.25, -0.2) is 0 Å². The molecule has 1 heterocycles. The summed E-state index contributed by atoms with van der Waals surface area (Å²) >= 11 is 0. The summed E-state index contributed by atoms with van der Waals surface area (Å²) in [4.78, 5) is 16.1. The number of anilines is 1. The van der Waals surface area contributed by atoms with Crippen LogP contribution < -0.4 is 11.1 Å². The number of nitrogens with two attached hydrogens (primary N) is 1. The number of carbonyl (C=O) groups is 1. The van der Waals surface area contributed by atoms with E-state index in [9.17, 15) is 4.79 Å². The molecule has 0 saturated heterocycles. The molecule has 1 aliphatic rings. The molecule has 3 N–H and O–H groups in total. The minimum Gasteiger partial charge on any atom is -0.399 e. The number of nitrogens with one attached hydrogen (secondary N) is 1. The van der Waals surface area contributed by atoms with Gasteiger partial charge in [0.2, 0.25) is 0 Å². The second-order valence-corrected chi connectivity index (χ2v) is 5.09. The molecule has 0 aliphatic heterocycles. The van der Waals surface area contributed by atoms with E-state index >= 15 is 0 Å². The summed E-state index contributed by atoms with van der Waals surface area (Å²) in [7, 11) is 0. The Kier molecular flexibility index (Phi) is 4.18. The number of hydrogen-bond acceptors (Lipinski definition) is 3. The van der Waals surface area contributed by atoms with Crippen LogP contribution in [-0.4, -0.2) is 16.9 Å². The van der Waals surface area contributed by atoms with Gasteiger partial charge in [-0.1, -0.05) is 26.2 Å². The van der Waals surface area contributed by atoms with E-state index in [0.29, 0.717) is 17.4 Å². The van der Waals surface area contributed by atoms with Crippen LogP contribution in [0.4, 0.5) is 5.69 Å². The molecule has 4 heteroatoms. The highest BCUT2D eigenvalue weighted by Gasteiger charge is 2.22. The van der Waals surface area contributed by atoms with Crippen LogP contribution in [0.3, 0.4) is 0 Å². The molecule has 1 aromatic rings. The van der Waals surface area contributed by atoms with Crippen molar-refractivity contribution in [1.82, 2.24) is 10.3 Å². The van der Waals surface area contributed by atoms with Gasteiger partial charge in [-0.3, -0.25) is 9.78 Å². The smallest absolute Gasteiger partial charge is 0.270 e. The summed E-state index contributed by atoms with van der Waals surface area (Å²) in [6, 6.07) is 3.60. The van der Waals surface area contributed by atoms with Crippen molar-refractivity contribution in [1.29, 1.82) is 0 Å². The third kappa shape index (κ3) is 3.22. The van der Waals surface area contributed by atoms with Gasteiger partial charge in [-0.15, -0.1) is 0 Å². The molecular formula is C14H21N3O. The van der Waals surface area contributed by atoms with Crippen molar-refractivity contribution in [3.05, 3.63) is 24.0 Å². The van der Waals surface area contributed by atoms with Crippen molar-refractivity contribution < 1.29 is 4.79 Å². The lowest BCUT2D eigenvalue weighted by Crippen LogP contribution is -2.38. The van der Waals surface area contributed by atoms with Crippen molar-refractivity contribution in [2.45, 2.75) is 45.1 Å². The lowest BCUT2D eigenvalue weighted by molar-refractivity contribution is 0.0914. The molecule has 2 unspecified atom stereocenters. The summed E-state index contributed by atoms with van der Waals surface area (Å²) in [6.45, 7) is 2.22. The Morgan fingerprint density at radius 2 is 2.39 bits per heavy atom. The summed E-state index contributed by atoms with van der Waals surface area (Å²) in [5.41, 5.74) is 6.64.